The molecule has 5 heteroatoms. The summed E-state index contributed by atoms with van der Waals surface area (Å²) in [7, 11) is 0. The molecule has 0 bridgehead atoms. The molecule has 1 amide bonds. The lowest BCUT2D eigenvalue weighted by Gasteiger charge is -2.38. The summed E-state index contributed by atoms with van der Waals surface area (Å²) in [5.41, 5.74) is 3.18. The van der Waals surface area contributed by atoms with Gasteiger partial charge in [-0.25, -0.2) is 0 Å². The van der Waals surface area contributed by atoms with Crippen LogP contribution in [0.3, 0.4) is 0 Å². The molecule has 1 spiro atoms. The van der Waals surface area contributed by atoms with Crippen molar-refractivity contribution in [3.63, 3.8) is 0 Å². The average molecular weight is 325 g/mol. The van der Waals surface area contributed by atoms with Crippen LogP contribution in [0.5, 0.6) is 0 Å². The number of ether oxygens (including phenoxy) is 1. The molecule has 2 aromatic rings. The number of amides is 1. The Kier molecular flexibility index (Phi) is 3.77. The molecule has 1 aromatic carbocycles. The second-order valence-corrected chi connectivity index (χ2v) is 7.01. The number of pyridine rings is 1. The third-order valence-corrected chi connectivity index (χ3v) is 5.15. The van der Waals surface area contributed by atoms with Crippen LogP contribution in [0.25, 0.3) is 10.9 Å². The third-order valence-electron chi connectivity index (χ3n) is 5.15. The van der Waals surface area contributed by atoms with Crippen LogP contribution in [-0.4, -0.2) is 40.7 Å². The lowest BCUT2D eigenvalue weighted by Crippen LogP contribution is -2.51. The summed E-state index contributed by atoms with van der Waals surface area (Å²) < 4.78 is 5.88. The maximum atomic E-state index is 11.7. The zero-order chi connectivity index (χ0) is 16.7. The van der Waals surface area contributed by atoms with Crippen molar-refractivity contribution in [1.82, 2.24) is 15.2 Å². The molecule has 1 unspecified atom stereocenters. The Morgan fingerprint density at radius 2 is 2.17 bits per heavy atom. The average Bonchev–Trinajstić information content (AvgIpc) is 2.84. The van der Waals surface area contributed by atoms with Gasteiger partial charge in [0.2, 0.25) is 0 Å². The Labute approximate surface area is 142 Å². The molecule has 1 atom stereocenters. The molecule has 126 valence electrons. The molecule has 24 heavy (non-hydrogen) atoms. The topological polar surface area (TPSA) is 54.5 Å². The van der Waals surface area contributed by atoms with E-state index in [1.165, 1.54) is 16.5 Å². The SMILES string of the molecule is Cc1cc(CN2CCC3(CC2)NC(=O)C(C)O3)cc2cccnc12. The highest BCUT2D eigenvalue weighted by Gasteiger charge is 2.45. The van der Waals surface area contributed by atoms with Gasteiger partial charge in [-0.1, -0.05) is 12.1 Å². The summed E-state index contributed by atoms with van der Waals surface area (Å²) in [5, 5.41) is 4.24. The molecule has 2 fully saturated rings. The minimum absolute atomic E-state index is 0.0149. The monoisotopic (exact) mass is 325 g/mol. The lowest BCUT2D eigenvalue weighted by atomic mass is 9.99. The first kappa shape index (κ1) is 15.5. The molecule has 1 aromatic heterocycles. The fourth-order valence-electron chi connectivity index (χ4n) is 3.86. The Morgan fingerprint density at radius 3 is 2.88 bits per heavy atom. The van der Waals surface area contributed by atoms with Gasteiger partial charge >= 0.3 is 0 Å². The number of carbonyl (C=O) groups excluding carboxylic acids is 1. The maximum absolute atomic E-state index is 11.7. The second kappa shape index (κ2) is 5.83. The predicted molar refractivity (Wildman–Crippen MR) is 92.4 cm³/mol. The van der Waals surface area contributed by atoms with Crippen molar-refractivity contribution >= 4 is 16.8 Å². The van der Waals surface area contributed by atoms with Crippen LogP contribution in [0.4, 0.5) is 0 Å². The van der Waals surface area contributed by atoms with Gasteiger partial charge in [-0.15, -0.1) is 0 Å². The first-order valence-electron chi connectivity index (χ1n) is 8.61. The van der Waals surface area contributed by atoms with Crippen LogP contribution in [0, 0.1) is 6.92 Å². The highest BCUT2D eigenvalue weighted by molar-refractivity contribution is 5.83. The summed E-state index contributed by atoms with van der Waals surface area (Å²) in [6.07, 6.45) is 3.21. The van der Waals surface area contributed by atoms with Gasteiger partial charge < -0.3 is 10.1 Å². The molecule has 2 saturated heterocycles. The number of likely N-dealkylation sites (tertiary alicyclic amines) is 1. The smallest absolute Gasteiger partial charge is 0.251 e. The van der Waals surface area contributed by atoms with Crippen LogP contribution in [-0.2, 0) is 16.1 Å². The molecule has 2 aliphatic heterocycles. The Balaban J connectivity index is 1.45. The fourth-order valence-corrected chi connectivity index (χ4v) is 3.86. The van der Waals surface area contributed by atoms with E-state index in [9.17, 15) is 4.79 Å². The number of rotatable bonds is 2. The summed E-state index contributed by atoms with van der Waals surface area (Å²) in [6, 6.07) is 8.57. The highest BCUT2D eigenvalue weighted by Crippen LogP contribution is 2.30. The van der Waals surface area contributed by atoms with Crippen LogP contribution in [0.2, 0.25) is 0 Å². The van der Waals surface area contributed by atoms with Crippen LogP contribution < -0.4 is 5.32 Å². The molecule has 1 N–H and O–H groups in total. The minimum Gasteiger partial charge on any atom is -0.343 e. The van der Waals surface area contributed by atoms with Crippen molar-refractivity contribution < 1.29 is 9.53 Å². The number of benzene rings is 1. The molecule has 3 heterocycles. The number of fused-ring (bicyclic) bond motifs is 1. The van der Waals surface area contributed by atoms with Gasteiger partial charge in [-0.2, -0.15) is 0 Å². The number of hydrogen-bond donors (Lipinski definition) is 1. The van der Waals surface area contributed by atoms with E-state index in [2.05, 4.69) is 40.3 Å². The van der Waals surface area contributed by atoms with Crippen LogP contribution in [0.15, 0.2) is 30.5 Å². The molecule has 0 aliphatic carbocycles. The number of aryl methyl sites for hydroxylation is 1. The van der Waals surface area contributed by atoms with Gasteiger partial charge in [0.1, 0.15) is 11.8 Å². The second-order valence-electron chi connectivity index (χ2n) is 7.01. The Hall–Kier alpha value is -1.98. The maximum Gasteiger partial charge on any atom is 0.251 e. The van der Waals surface area contributed by atoms with E-state index in [1.54, 1.807) is 0 Å². The van der Waals surface area contributed by atoms with Gasteiger partial charge in [-0.3, -0.25) is 14.7 Å². The highest BCUT2D eigenvalue weighted by atomic mass is 16.5. The summed E-state index contributed by atoms with van der Waals surface area (Å²) >= 11 is 0. The number of nitrogens with one attached hydrogen (secondary N) is 1. The quantitative estimate of drug-likeness (QED) is 0.921. The standard InChI is InChI=1S/C19H23N3O2/c1-13-10-15(11-16-4-3-7-20-17(13)16)12-22-8-5-19(6-9-22)21-18(23)14(2)24-19/h3-4,7,10-11,14H,5-6,8-9,12H2,1-2H3,(H,21,23). The van der Waals surface area contributed by atoms with E-state index in [0.29, 0.717) is 0 Å². The minimum atomic E-state index is -0.434. The first-order chi connectivity index (χ1) is 11.5. The van der Waals surface area contributed by atoms with E-state index >= 15 is 0 Å². The van der Waals surface area contributed by atoms with Crippen molar-refractivity contribution in [1.29, 1.82) is 0 Å². The number of nitrogens with zero attached hydrogens (tertiary/aromatic N) is 2. The molecule has 0 saturated carbocycles. The van der Waals surface area contributed by atoms with E-state index in [-0.39, 0.29) is 12.0 Å². The number of carbonyl (C=O) groups is 1. The largest absolute Gasteiger partial charge is 0.343 e. The number of piperidine rings is 1. The van der Waals surface area contributed by atoms with Gasteiger partial charge in [0.15, 0.2) is 0 Å². The molecular weight excluding hydrogens is 302 g/mol. The van der Waals surface area contributed by atoms with E-state index in [0.717, 1.165) is 38.0 Å². The van der Waals surface area contributed by atoms with Crippen LogP contribution in [0.1, 0.15) is 30.9 Å². The van der Waals surface area contributed by atoms with E-state index in [1.807, 2.05) is 19.2 Å². The third kappa shape index (κ3) is 2.78. The molecule has 5 nitrogen and oxygen atoms in total. The Morgan fingerprint density at radius 1 is 1.38 bits per heavy atom. The first-order valence-corrected chi connectivity index (χ1v) is 8.61. The normalized spacial score (nSPS) is 23.8. The van der Waals surface area contributed by atoms with Crippen molar-refractivity contribution in [2.45, 2.75) is 45.1 Å². The molecule has 0 radical (unpaired) electrons. The van der Waals surface area contributed by atoms with Gasteiger partial charge in [0.25, 0.3) is 5.91 Å². The van der Waals surface area contributed by atoms with Crippen molar-refractivity contribution in [2.75, 3.05) is 13.1 Å². The zero-order valence-corrected chi connectivity index (χ0v) is 14.2. The molecular formula is C19H23N3O2. The van der Waals surface area contributed by atoms with Crippen molar-refractivity contribution in [3.05, 3.63) is 41.6 Å². The van der Waals surface area contributed by atoms with E-state index in [4.69, 9.17) is 4.74 Å². The molecule has 2 aliphatic rings. The van der Waals surface area contributed by atoms with Gasteiger partial charge in [0.05, 0.1) is 5.52 Å². The van der Waals surface area contributed by atoms with Gasteiger partial charge in [-0.05, 0) is 37.1 Å². The summed E-state index contributed by atoms with van der Waals surface area (Å²) in [6.45, 7) is 6.72. The van der Waals surface area contributed by atoms with E-state index < -0.39 is 5.72 Å². The molecule has 4 rings (SSSR count). The number of hydrogen-bond acceptors (Lipinski definition) is 4. The van der Waals surface area contributed by atoms with Gasteiger partial charge in [0, 0.05) is 44.1 Å². The van der Waals surface area contributed by atoms with Crippen molar-refractivity contribution in [2.24, 2.45) is 0 Å². The summed E-state index contributed by atoms with van der Waals surface area (Å²) in [5.74, 6) is 0.0149. The fraction of sp³-hybridized carbons (Fsp3) is 0.474. The van der Waals surface area contributed by atoms with Crippen LogP contribution >= 0.6 is 0 Å². The zero-order valence-electron chi connectivity index (χ0n) is 14.2. The predicted octanol–water partition coefficient (Wildman–Crippen LogP) is 2.37. The Bertz CT molecular complexity index is 781. The lowest BCUT2D eigenvalue weighted by molar-refractivity contribution is -0.123. The van der Waals surface area contributed by atoms with Crippen molar-refractivity contribution in [3.8, 4) is 0 Å². The summed E-state index contributed by atoms with van der Waals surface area (Å²) in [4.78, 5) is 18.6. The number of aromatic nitrogens is 1.